The van der Waals surface area contributed by atoms with Crippen LogP contribution in [0.4, 0.5) is 10.5 Å². The van der Waals surface area contributed by atoms with Crippen LogP contribution in [0.15, 0.2) is 82.2 Å². The number of hydrogen-bond donors (Lipinski definition) is 1. The lowest BCUT2D eigenvalue weighted by Gasteiger charge is -2.12. The van der Waals surface area contributed by atoms with E-state index < -0.39 is 17.1 Å². The van der Waals surface area contributed by atoms with Gasteiger partial charge in [0.1, 0.15) is 13.2 Å². The molecule has 1 saturated heterocycles. The number of ether oxygens (including phenoxy) is 2. The summed E-state index contributed by atoms with van der Waals surface area (Å²) in [4.78, 5) is 38.7. The molecule has 1 heterocycles. The Labute approximate surface area is 215 Å². The predicted octanol–water partition coefficient (Wildman–Crippen LogP) is 5.71. The summed E-state index contributed by atoms with van der Waals surface area (Å²) in [6, 6.07) is 21.9. The zero-order chi connectivity index (χ0) is 24.8. The topological polar surface area (TPSA) is 84.9 Å². The summed E-state index contributed by atoms with van der Waals surface area (Å²) in [7, 11) is 1.53. The molecule has 0 spiro atoms. The van der Waals surface area contributed by atoms with E-state index in [4.69, 9.17) is 9.47 Å². The highest BCUT2D eigenvalue weighted by Gasteiger charge is 2.36. The van der Waals surface area contributed by atoms with Crippen LogP contribution < -0.4 is 14.8 Å². The maximum absolute atomic E-state index is 12.8. The van der Waals surface area contributed by atoms with E-state index in [1.165, 1.54) is 7.11 Å². The molecule has 0 aromatic heterocycles. The minimum Gasteiger partial charge on any atom is -0.493 e. The highest BCUT2D eigenvalue weighted by molar-refractivity contribution is 9.10. The first kappa shape index (κ1) is 24.6. The van der Waals surface area contributed by atoms with Gasteiger partial charge in [0.05, 0.1) is 12.0 Å². The second-order valence-corrected chi connectivity index (χ2v) is 9.42. The number of para-hydroxylation sites is 1. The van der Waals surface area contributed by atoms with Crippen LogP contribution in [0.5, 0.6) is 11.5 Å². The van der Waals surface area contributed by atoms with Crippen molar-refractivity contribution >= 4 is 56.5 Å². The van der Waals surface area contributed by atoms with Crippen molar-refractivity contribution in [2.24, 2.45) is 0 Å². The van der Waals surface area contributed by atoms with Crippen LogP contribution in [0, 0.1) is 0 Å². The molecule has 7 nitrogen and oxygen atoms in total. The third-order valence-electron chi connectivity index (χ3n) is 5.03. The molecule has 3 aromatic carbocycles. The Morgan fingerprint density at radius 1 is 1.03 bits per heavy atom. The lowest BCUT2D eigenvalue weighted by Crippen LogP contribution is -2.36. The summed E-state index contributed by atoms with van der Waals surface area (Å²) in [6.07, 6.45) is 1.60. The SMILES string of the molecule is COc1cc(/C=C2\SC(=O)N(CC(=O)Nc3ccccc3)C2=O)ccc1OCc1ccc(Br)cc1. The first-order valence-electron chi connectivity index (χ1n) is 10.6. The monoisotopic (exact) mass is 552 g/mol. The van der Waals surface area contributed by atoms with Crippen molar-refractivity contribution in [3.63, 3.8) is 0 Å². The minimum absolute atomic E-state index is 0.230. The number of nitrogens with zero attached hydrogens (tertiary/aromatic N) is 1. The third kappa shape index (κ3) is 6.32. The van der Waals surface area contributed by atoms with Gasteiger partial charge in [0.2, 0.25) is 5.91 Å². The van der Waals surface area contributed by atoms with E-state index in [1.54, 1.807) is 48.5 Å². The minimum atomic E-state index is -0.516. The quantitative estimate of drug-likeness (QED) is 0.360. The van der Waals surface area contributed by atoms with E-state index in [1.807, 2.05) is 30.3 Å². The molecule has 178 valence electrons. The normalized spacial score (nSPS) is 14.3. The van der Waals surface area contributed by atoms with Gasteiger partial charge in [-0.15, -0.1) is 0 Å². The first-order valence-corrected chi connectivity index (χ1v) is 12.2. The van der Waals surface area contributed by atoms with Gasteiger partial charge in [-0.25, -0.2) is 0 Å². The van der Waals surface area contributed by atoms with Crippen LogP contribution in [0.25, 0.3) is 6.08 Å². The van der Waals surface area contributed by atoms with Gasteiger partial charge in [-0.05, 0) is 65.4 Å². The first-order chi connectivity index (χ1) is 16.9. The van der Waals surface area contributed by atoms with E-state index in [0.717, 1.165) is 26.7 Å². The van der Waals surface area contributed by atoms with E-state index in [-0.39, 0.29) is 11.4 Å². The lowest BCUT2D eigenvalue weighted by atomic mass is 10.1. The van der Waals surface area contributed by atoms with Gasteiger partial charge in [-0.1, -0.05) is 52.3 Å². The van der Waals surface area contributed by atoms with Crippen molar-refractivity contribution < 1.29 is 23.9 Å². The van der Waals surface area contributed by atoms with Crippen molar-refractivity contribution in [2.75, 3.05) is 19.0 Å². The molecule has 1 aliphatic rings. The Hall–Kier alpha value is -3.56. The number of amides is 3. The van der Waals surface area contributed by atoms with Crippen LogP contribution in [-0.2, 0) is 16.2 Å². The van der Waals surface area contributed by atoms with E-state index in [0.29, 0.717) is 29.4 Å². The van der Waals surface area contributed by atoms with Gasteiger partial charge in [-0.3, -0.25) is 19.3 Å². The smallest absolute Gasteiger partial charge is 0.294 e. The molecule has 3 aromatic rings. The molecular formula is C26H21BrN2O5S. The molecule has 1 aliphatic heterocycles. The molecule has 0 bridgehead atoms. The van der Waals surface area contributed by atoms with E-state index in [9.17, 15) is 14.4 Å². The summed E-state index contributed by atoms with van der Waals surface area (Å²) in [5.41, 5.74) is 2.26. The van der Waals surface area contributed by atoms with Gasteiger partial charge < -0.3 is 14.8 Å². The van der Waals surface area contributed by atoms with E-state index >= 15 is 0 Å². The number of thioether (sulfide) groups is 1. The van der Waals surface area contributed by atoms with Crippen molar-refractivity contribution in [2.45, 2.75) is 6.61 Å². The molecule has 9 heteroatoms. The fraction of sp³-hybridized carbons (Fsp3) is 0.115. The lowest BCUT2D eigenvalue weighted by molar-refractivity contribution is -0.127. The summed E-state index contributed by atoms with van der Waals surface area (Å²) < 4.78 is 12.3. The average molecular weight is 553 g/mol. The maximum atomic E-state index is 12.8. The highest BCUT2D eigenvalue weighted by Crippen LogP contribution is 2.34. The number of anilines is 1. The molecule has 1 N–H and O–H groups in total. The number of nitrogens with one attached hydrogen (secondary N) is 1. The van der Waals surface area contributed by atoms with Gasteiger partial charge >= 0.3 is 0 Å². The summed E-state index contributed by atoms with van der Waals surface area (Å²) in [5.74, 6) is 0.0852. The number of benzene rings is 3. The van der Waals surface area contributed by atoms with Crippen LogP contribution in [-0.4, -0.2) is 35.6 Å². The number of hydrogen-bond acceptors (Lipinski definition) is 6. The molecule has 0 unspecified atom stereocenters. The van der Waals surface area contributed by atoms with Gasteiger partial charge in [-0.2, -0.15) is 0 Å². The van der Waals surface area contributed by atoms with Crippen LogP contribution >= 0.6 is 27.7 Å². The number of carbonyl (C=O) groups is 3. The summed E-state index contributed by atoms with van der Waals surface area (Å²) in [6.45, 7) is 0.00990. The molecular weight excluding hydrogens is 532 g/mol. The third-order valence-corrected chi connectivity index (χ3v) is 6.46. The van der Waals surface area contributed by atoms with Crippen molar-refractivity contribution in [3.8, 4) is 11.5 Å². The van der Waals surface area contributed by atoms with Gasteiger partial charge in [0, 0.05) is 10.2 Å². The Kier molecular flexibility index (Phi) is 7.89. The van der Waals surface area contributed by atoms with Crippen LogP contribution in [0.3, 0.4) is 0 Å². The predicted molar refractivity (Wildman–Crippen MR) is 139 cm³/mol. The number of rotatable bonds is 8. The number of methoxy groups -OCH3 is 1. The number of halogens is 1. The maximum Gasteiger partial charge on any atom is 0.294 e. The standard InChI is InChI=1S/C26H21BrN2O5S/c1-33-22-13-18(9-12-21(22)34-16-17-7-10-19(27)11-8-17)14-23-25(31)29(26(32)35-23)15-24(30)28-20-5-3-2-4-6-20/h2-14H,15-16H2,1H3,(H,28,30)/b23-14-. The van der Waals surface area contributed by atoms with E-state index in [2.05, 4.69) is 21.2 Å². The molecule has 35 heavy (non-hydrogen) atoms. The second-order valence-electron chi connectivity index (χ2n) is 7.51. The molecule has 0 saturated carbocycles. The fourth-order valence-electron chi connectivity index (χ4n) is 3.29. The fourth-order valence-corrected chi connectivity index (χ4v) is 4.39. The largest absolute Gasteiger partial charge is 0.493 e. The number of carbonyl (C=O) groups excluding carboxylic acids is 3. The van der Waals surface area contributed by atoms with Gasteiger partial charge in [0.25, 0.3) is 11.1 Å². The molecule has 4 rings (SSSR count). The second kappa shape index (κ2) is 11.2. The Balaban J connectivity index is 1.42. The molecule has 0 atom stereocenters. The van der Waals surface area contributed by atoms with Crippen molar-refractivity contribution in [1.29, 1.82) is 0 Å². The zero-order valence-electron chi connectivity index (χ0n) is 18.7. The Bertz CT molecular complexity index is 1280. The summed E-state index contributed by atoms with van der Waals surface area (Å²) in [5, 5.41) is 2.18. The Morgan fingerprint density at radius 3 is 2.49 bits per heavy atom. The van der Waals surface area contributed by atoms with Crippen LogP contribution in [0.2, 0.25) is 0 Å². The summed E-state index contributed by atoms with van der Waals surface area (Å²) >= 11 is 4.20. The molecule has 0 radical (unpaired) electrons. The molecule has 0 aliphatic carbocycles. The molecule has 1 fully saturated rings. The number of imide groups is 1. The van der Waals surface area contributed by atoms with Crippen molar-refractivity contribution in [1.82, 2.24) is 4.90 Å². The van der Waals surface area contributed by atoms with Gasteiger partial charge in [0.15, 0.2) is 11.5 Å². The highest BCUT2D eigenvalue weighted by atomic mass is 79.9. The average Bonchev–Trinajstić information content (AvgIpc) is 3.12. The zero-order valence-corrected chi connectivity index (χ0v) is 21.1. The molecule has 3 amide bonds. The van der Waals surface area contributed by atoms with Crippen molar-refractivity contribution in [3.05, 3.63) is 93.3 Å². The van der Waals surface area contributed by atoms with Crippen LogP contribution in [0.1, 0.15) is 11.1 Å². The Morgan fingerprint density at radius 2 is 1.77 bits per heavy atom.